The summed E-state index contributed by atoms with van der Waals surface area (Å²) in [5.41, 5.74) is 1.77. The van der Waals surface area contributed by atoms with Crippen molar-refractivity contribution >= 4 is 0 Å². The topological polar surface area (TPSA) is 21.3 Å². The highest BCUT2D eigenvalue weighted by Crippen LogP contribution is 2.26. The predicted octanol–water partition coefficient (Wildman–Crippen LogP) is 3.37. The molecule has 2 nitrogen and oxygen atoms in total. The van der Waals surface area contributed by atoms with E-state index >= 15 is 0 Å². The zero-order chi connectivity index (χ0) is 13.9. The van der Waals surface area contributed by atoms with Crippen LogP contribution in [0.1, 0.15) is 30.1 Å². The van der Waals surface area contributed by atoms with Crippen molar-refractivity contribution in [1.29, 1.82) is 0 Å². The summed E-state index contributed by atoms with van der Waals surface area (Å²) in [5, 5.41) is 3.23. The van der Waals surface area contributed by atoms with Crippen molar-refractivity contribution < 1.29 is 17.9 Å². The first-order valence-corrected chi connectivity index (χ1v) is 6.43. The maximum absolute atomic E-state index is 12.3. The van der Waals surface area contributed by atoms with Gasteiger partial charge in [-0.05, 0) is 30.9 Å². The third kappa shape index (κ3) is 4.84. The fourth-order valence-electron chi connectivity index (χ4n) is 1.96. The molecule has 19 heavy (non-hydrogen) atoms. The van der Waals surface area contributed by atoms with Gasteiger partial charge < -0.3 is 10.1 Å². The average molecular weight is 273 g/mol. The minimum atomic E-state index is -4.29. The van der Waals surface area contributed by atoms with Crippen molar-refractivity contribution in [2.45, 2.75) is 38.1 Å². The molecule has 1 aromatic carbocycles. The molecular formula is C14H18F3NO. The maximum Gasteiger partial charge on any atom is 0.411 e. The Kier molecular flexibility index (Phi) is 4.47. The molecule has 0 saturated heterocycles. The Balaban J connectivity index is 2.01. The molecule has 0 aliphatic heterocycles. The minimum Gasteiger partial charge on any atom is -0.363 e. The molecule has 1 aliphatic rings. The van der Waals surface area contributed by atoms with Gasteiger partial charge in [0.2, 0.25) is 0 Å². The number of ether oxygens (including phenoxy) is 1. The number of rotatable bonds is 6. The molecule has 0 radical (unpaired) electrons. The van der Waals surface area contributed by atoms with Gasteiger partial charge in [0.25, 0.3) is 0 Å². The molecule has 1 fully saturated rings. The lowest BCUT2D eigenvalue weighted by molar-refractivity contribution is -0.185. The molecule has 0 spiro atoms. The number of aryl methyl sites for hydroxylation is 1. The molecule has 1 aliphatic carbocycles. The Morgan fingerprint density at radius 3 is 2.58 bits per heavy atom. The second-order valence-corrected chi connectivity index (χ2v) is 4.95. The quantitative estimate of drug-likeness (QED) is 0.858. The van der Waals surface area contributed by atoms with E-state index in [2.05, 4.69) is 5.32 Å². The van der Waals surface area contributed by atoms with E-state index in [-0.39, 0.29) is 0 Å². The summed E-state index contributed by atoms with van der Waals surface area (Å²) >= 11 is 0. The highest BCUT2D eigenvalue weighted by Gasteiger charge is 2.30. The predicted molar refractivity (Wildman–Crippen MR) is 67.0 cm³/mol. The molecule has 1 aromatic rings. The Bertz CT molecular complexity index is 415. The SMILES string of the molecule is Cc1ccccc1C(CNC1CC1)OCC(F)(F)F. The molecule has 0 amide bonds. The highest BCUT2D eigenvalue weighted by atomic mass is 19.4. The van der Waals surface area contributed by atoms with Crippen molar-refractivity contribution in [3.8, 4) is 0 Å². The molecule has 1 N–H and O–H groups in total. The van der Waals surface area contributed by atoms with Gasteiger partial charge in [-0.15, -0.1) is 0 Å². The van der Waals surface area contributed by atoms with Crippen molar-refractivity contribution in [2.75, 3.05) is 13.2 Å². The van der Waals surface area contributed by atoms with Gasteiger partial charge in [-0.2, -0.15) is 13.2 Å². The van der Waals surface area contributed by atoms with Crippen LogP contribution >= 0.6 is 0 Å². The van der Waals surface area contributed by atoms with Crippen LogP contribution in [0, 0.1) is 6.92 Å². The Labute approximate surface area is 111 Å². The largest absolute Gasteiger partial charge is 0.411 e. The van der Waals surface area contributed by atoms with E-state index in [9.17, 15) is 13.2 Å². The second kappa shape index (κ2) is 5.92. The van der Waals surface area contributed by atoms with Gasteiger partial charge >= 0.3 is 6.18 Å². The van der Waals surface area contributed by atoms with Crippen LogP contribution in [0.5, 0.6) is 0 Å². The van der Waals surface area contributed by atoms with Gasteiger partial charge in [0, 0.05) is 12.6 Å². The molecule has 106 valence electrons. The van der Waals surface area contributed by atoms with Gasteiger partial charge in [-0.25, -0.2) is 0 Å². The van der Waals surface area contributed by atoms with E-state index in [4.69, 9.17) is 4.74 Å². The normalized spacial score (nSPS) is 17.5. The van der Waals surface area contributed by atoms with Crippen LogP contribution in [0.25, 0.3) is 0 Å². The zero-order valence-corrected chi connectivity index (χ0v) is 10.8. The molecule has 0 bridgehead atoms. The van der Waals surface area contributed by atoms with Gasteiger partial charge in [0.1, 0.15) is 6.61 Å². The average Bonchev–Trinajstić information content (AvgIpc) is 3.13. The molecular weight excluding hydrogens is 255 g/mol. The van der Waals surface area contributed by atoms with Gasteiger partial charge in [-0.1, -0.05) is 24.3 Å². The van der Waals surface area contributed by atoms with Crippen LogP contribution in [-0.2, 0) is 4.74 Å². The summed E-state index contributed by atoms with van der Waals surface area (Å²) in [5.74, 6) is 0. The fourth-order valence-corrected chi connectivity index (χ4v) is 1.96. The van der Waals surface area contributed by atoms with E-state index in [1.165, 1.54) is 0 Å². The lowest BCUT2D eigenvalue weighted by Crippen LogP contribution is -2.28. The third-order valence-electron chi connectivity index (χ3n) is 3.15. The van der Waals surface area contributed by atoms with Gasteiger partial charge in [0.15, 0.2) is 0 Å². The molecule has 2 rings (SSSR count). The van der Waals surface area contributed by atoms with Crippen LogP contribution in [0.2, 0.25) is 0 Å². The van der Waals surface area contributed by atoms with Crippen molar-refractivity contribution in [3.63, 3.8) is 0 Å². The van der Waals surface area contributed by atoms with Gasteiger partial charge in [0.05, 0.1) is 6.10 Å². The monoisotopic (exact) mass is 273 g/mol. The molecule has 1 unspecified atom stereocenters. The first-order chi connectivity index (χ1) is 8.96. The Hall–Kier alpha value is -1.07. The third-order valence-corrected chi connectivity index (χ3v) is 3.15. The zero-order valence-electron chi connectivity index (χ0n) is 10.8. The number of hydrogen-bond acceptors (Lipinski definition) is 2. The van der Waals surface area contributed by atoms with Crippen LogP contribution < -0.4 is 5.32 Å². The van der Waals surface area contributed by atoms with E-state index in [1.54, 1.807) is 0 Å². The molecule has 5 heteroatoms. The van der Waals surface area contributed by atoms with Crippen molar-refractivity contribution in [3.05, 3.63) is 35.4 Å². The summed E-state index contributed by atoms with van der Waals surface area (Å²) in [7, 11) is 0. The first-order valence-electron chi connectivity index (χ1n) is 6.43. The fraction of sp³-hybridized carbons (Fsp3) is 0.571. The molecule has 1 atom stereocenters. The molecule has 0 heterocycles. The van der Waals surface area contributed by atoms with E-state index in [1.807, 2.05) is 31.2 Å². The van der Waals surface area contributed by atoms with Crippen LogP contribution in [-0.4, -0.2) is 25.4 Å². The lowest BCUT2D eigenvalue weighted by atomic mass is 10.0. The summed E-state index contributed by atoms with van der Waals surface area (Å²) in [6.07, 6.45) is -2.65. The standard InChI is InChI=1S/C14H18F3NO/c1-10-4-2-3-5-12(10)13(8-18-11-6-7-11)19-9-14(15,16)17/h2-5,11,13,18H,6-9H2,1H3. The highest BCUT2D eigenvalue weighted by molar-refractivity contribution is 5.28. The number of nitrogens with one attached hydrogen (secondary N) is 1. The number of benzene rings is 1. The summed E-state index contributed by atoms with van der Waals surface area (Å²) in [6.45, 7) is 1.10. The second-order valence-electron chi connectivity index (χ2n) is 4.95. The number of halogens is 3. The van der Waals surface area contributed by atoms with E-state index < -0.39 is 18.9 Å². The molecule has 1 saturated carbocycles. The van der Waals surface area contributed by atoms with E-state index in [0.29, 0.717) is 12.6 Å². The van der Waals surface area contributed by atoms with Crippen LogP contribution in [0.15, 0.2) is 24.3 Å². The summed E-state index contributed by atoms with van der Waals surface area (Å²) < 4.78 is 42.0. The summed E-state index contributed by atoms with van der Waals surface area (Å²) in [6, 6.07) is 7.85. The maximum atomic E-state index is 12.3. The Morgan fingerprint density at radius 2 is 2.00 bits per heavy atom. The van der Waals surface area contributed by atoms with Crippen LogP contribution in [0.3, 0.4) is 0 Å². The Morgan fingerprint density at radius 1 is 1.32 bits per heavy atom. The van der Waals surface area contributed by atoms with Gasteiger partial charge in [-0.3, -0.25) is 0 Å². The molecule has 0 aromatic heterocycles. The number of alkyl halides is 3. The lowest BCUT2D eigenvalue weighted by Gasteiger charge is -2.21. The van der Waals surface area contributed by atoms with E-state index in [0.717, 1.165) is 24.0 Å². The first kappa shape index (κ1) is 14.3. The smallest absolute Gasteiger partial charge is 0.363 e. The minimum absolute atomic E-state index is 0.422. The van der Waals surface area contributed by atoms with Crippen LogP contribution in [0.4, 0.5) is 13.2 Å². The summed E-state index contributed by atoms with van der Waals surface area (Å²) in [4.78, 5) is 0. The van der Waals surface area contributed by atoms with Crippen molar-refractivity contribution in [2.24, 2.45) is 0 Å². The van der Waals surface area contributed by atoms with Crippen molar-refractivity contribution in [1.82, 2.24) is 5.32 Å². The number of hydrogen-bond donors (Lipinski definition) is 1.